The van der Waals surface area contributed by atoms with E-state index >= 15 is 0 Å². The third kappa shape index (κ3) is 4.04. The number of ether oxygens (including phenoxy) is 4. The Morgan fingerprint density at radius 1 is 0.793 bits per heavy atom. The van der Waals surface area contributed by atoms with Gasteiger partial charge in [0, 0.05) is 11.1 Å². The summed E-state index contributed by atoms with van der Waals surface area (Å²) in [5.41, 5.74) is 2.27. The number of thiol groups is 1. The summed E-state index contributed by atoms with van der Waals surface area (Å²) in [6, 6.07) is 8.29. The van der Waals surface area contributed by atoms with Crippen LogP contribution in [0.15, 0.2) is 30.3 Å². The lowest BCUT2D eigenvalue weighted by Crippen LogP contribution is -1.97. The molecule has 0 saturated carbocycles. The number of benzene rings is 2. The zero-order chi connectivity index (χ0) is 21.0. The molecule has 0 spiro atoms. The Morgan fingerprint density at radius 2 is 1.41 bits per heavy atom. The molecule has 0 amide bonds. The Morgan fingerprint density at radius 3 is 1.97 bits per heavy atom. The minimum atomic E-state index is -3.11. The van der Waals surface area contributed by atoms with Gasteiger partial charge in [-0.15, -0.1) is 5.10 Å². The quantitative estimate of drug-likeness (QED) is 0.526. The highest BCUT2D eigenvalue weighted by Crippen LogP contribution is 2.43. The minimum Gasteiger partial charge on any atom is -0.493 e. The van der Waals surface area contributed by atoms with E-state index in [1.54, 1.807) is 24.3 Å². The van der Waals surface area contributed by atoms with Gasteiger partial charge >= 0.3 is 0 Å². The maximum absolute atomic E-state index is 11.0. The number of rotatable bonds is 8. The molecule has 1 aromatic heterocycles. The Bertz CT molecular complexity index is 1060. The zero-order valence-corrected chi connectivity index (χ0v) is 17.0. The molecule has 2 aromatic carbocycles. The molecule has 0 radical (unpaired) electrons. The van der Waals surface area contributed by atoms with Crippen molar-refractivity contribution in [3.8, 4) is 51.3 Å². The van der Waals surface area contributed by atoms with Crippen LogP contribution in [0, 0.1) is 0 Å². The fourth-order valence-electron chi connectivity index (χ4n) is 2.83. The average Bonchev–Trinajstić information content (AvgIpc) is 3.22. The van der Waals surface area contributed by atoms with E-state index in [0.29, 0.717) is 39.8 Å². The van der Waals surface area contributed by atoms with E-state index in [1.807, 2.05) is 0 Å². The van der Waals surface area contributed by atoms with E-state index in [-0.39, 0.29) is 11.5 Å². The van der Waals surface area contributed by atoms with Gasteiger partial charge in [0.1, 0.15) is 5.69 Å². The lowest BCUT2D eigenvalue weighted by atomic mass is 10.0. The predicted molar refractivity (Wildman–Crippen MR) is 104 cm³/mol. The highest BCUT2D eigenvalue weighted by Gasteiger charge is 2.20. The highest BCUT2D eigenvalue weighted by atomic mass is 32.2. The van der Waals surface area contributed by atoms with Crippen molar-refractivity contribution in [3.05, 3.63) is 30.3 Å². The van der Waals surface area contributed by atoms with Crippen LogP contribution < -0.4 is 23.1 Å². The number of H-pyrrole nitrogens is 1. The molecule has 0 bridgehead atoms. The molecule has 1 heterocycles. The number of hydrogen-bond acceptors (Lipinski definition) is 9. The second kappa shape index (κ2) is 8.69. The first-order valence-electron chi connectivity index (χ1n) is 8.24. The van der Waals surface area contributed by atoms with Gasteiger partial charge in [-0.05, 0) is 30.3 Å². The third-order valence-electron chi connectivity index (χ3n) is 4.11. The molecule has 11 heteroatoms. The van der Waals surface area contributed by atoms with Gasteiger partial charge < -0.3 is 23.1 Å². The second-order valence-corrected chi connectivity index (χ2v) is 6.26. The SMILES string of the molecule is COc1ccc(-c2[nH]nnc2-c2cc(OC)c(OC)c(OC)c2)cc1O[SH](=O)=O. The largest absolute Gasteiger partial charge is 0.493 e. The molecule has 0 aliphatic rings. The molecule has 154 valence electrons. The van der Waals surface area contributed by atoms with Crippen LogP contribution in [-0.4, -0.2) is 52.3 Å². The predicted octanol–water partition coefficient (Wildman–Crippen LogP) is 2.08. The Labute approximate surface area is 168 Å². The van der Waals surface area contributed by atoms with Gasteiger partial charge in [0.05, 0.1) is 34.1 Å². The topological polar surface area (TPSA) is 122 Å². The smallest absolute Gasteiger partial charge is 0.299 e. The van der Waals surface area contributed by atoms with E-state index < -0.39 is 11.0 Å². The first-order chi connectivity index (χ1) is 14.0. The van der Waals surface area contributed by atoms with Crippen LogP contribution in [0.2, 0.25) is 0 Å². The summed E-state index contributed by atoms with van der Waals surface area (Å²) >= 11 is 0. The molecule has 1 N–H and O–H groups in total. The average molecular weight is 421 g/mol. The molecule has 10 nitrogen and oxygen atoms in total. The summed E-state index contributed by atoms with van der Waals surface area (Å²) in [7, 11) is 2.86. The number of nitrogens with one attached hydrogen (secondary N) is 1. The highest BCUT2D eigenvalue weighted by molar-refractivity contribution is 7.67. The molecular formula is C18H19N3O7S. The summed E-state index contributed by atoms with van der Waals surface area (Å²) in [5, 5.41) is 10.9. The van der Waals surface area contributed by atoms with Crippen LogP contribution in [0.4, 0.5) is 0 Å². The fourth-order valence-corrected chi connectivity index (χ4v) is 3.14. The van der Waals surface area contributed by atoms with Gasteiger partial charge in [0.2, 0.25) is 5.75 Å². The van der Waals surface area contributed by atoms with Crippen LogP contribution in [-0.2, 0) is 11.0 Å². The first kappa shape index (κ1) is 20.3. The van der Waals surface area contributed by atoms with Crippen molar-refractivity contribution < 1.29 is 31.5 Å². The summed E-state index contributed by atoms with van der Waals surface area (Å²) < 4.78 is 48.1. The Balaban J connectivity index is 2.13. The number of aromatic amines is 1. The molecule has 29 heavy (non-hydrogen) atoms. The van der Waals surface area contributed by atoms with Gasteiger partial charge in [-0.3, -0.25) is 5.10 Å². The molecular weight excluding hydrogens is 402 g/mol. The molecule has 0 atom stereocenters. The molecule has 3 rings (SSSR count). The van der Waals surface area contributed by atoms with E-state index in [0.717, 1.165) is 0 Å². The van der Waals surface area contributed by atoms with E-state index in [2.05, 4.69) is 15.4 Å². The molecule has 0 saturated heterocycles. The molecule has 0 aliphatic carbocycles. The maximum Gasteiger partial charge on any atom is 0.299 e. The van der Waals surface area contributed by atoms with E-state index in [9.17, 15) is 8.42 Å². The number of hydrogen-bond donors (Lipinski definition) is 2. The van der Waals surface area contributed by atoms with Gasteiger partial charge in [0.25, 0.3) is 11.0 Å². The first-order valence-corrected chi connectivity index (χ1v) is 9.34. The number of methoxy groups -OCH3 is 4. The van der Waals surface area contributed by atoms with Crippen molar-refractivity contribution in [1.29, 1.82) is 0 Å². The van der Waals surface area contributed by atoms with Gasteiger partial charge in [-0.25, -0.2) is 0 Å². The zero-order valence-electron chi connectivity index (χ0n) is 16.1. The van der Waals surface area contributed by atoms with Crippen molar-refractivity contribution >= 4 is 11.0 Å². The van der Waals surface area contributed by atoms with Crippen molar-refractivity contribution in [2.24, 2.45) is 0 Å². The van der Waals surface area contributed by atoms with Crippen LogP contribution >= 0.6 is 0 Å². The normalized spacial score (nSPS) is 10.7. The number of aromatic nitrogens is 3. The fraction of sp³-hybridized carbons (Fsp3) is 0.222. The standard InChI is InChI=1S/C18H19N3O7S/c1-24-12-6-5-10(7-13(12)28-29(22)23)16-17(20-21-19-16)11-8-14(25-2)18(27-4)15(9-11)26-3/h5-9,29H,1-4H3,(H,19,20,21). The summed E-state index contributed by atoms with van der Waals surface area (Å²) in [6.45, 7) is 0. The van der Waals surface area contributed by atoms with Crippen LogP contribution in [0.25, 0.3) is 22.5 Å². The van der Waals surface area contributed by atoms with Crippen molar-refractivity contribution in [3.63, 3.8) is 0 Å². The van der Waals surface area contributed by atoms with E-state index in [1.165, 1.54) is 34.5 Å². The van der Waals surface area contributed by atoms with Crippen molar-refractivity contribution in [2.75, 3.05) is 28.4 Å². The van der Waals surface area contributed by atoms with Crippen LogP contribution in [0.3, 0.4) is 0 Å². The van der Waals surface area contributed by atoms with Crippen LogP contribution in [0.5, 0.6) is 28.7 Å². The summed E-state index contributed by atoms with van der Waals surface area (Å²) in [4.78, 5) is 0. The molecule has 0 unspecified atom stereocenters. The van der Waals surface area contributed by atoms with Gasteiger partial charge in [0.15, 0.2) is 23.0 Å². The van der Waals surface area contributed by atoms with Crippen molar-refractivity contribution in [1.82, 2.24) is 15.4 Å². The molecule has 0 fully saturated rings. The lowest BCUT2D eigenvalue weighted by Gasteiger charge is -2.14. The van der Waals surface area contributed by atoms with Crippen LogP contribution in [0.1, 0.15) is 0 Å². The summed E-state index contributed by atoms with van der Waals surface area (Å²) in [5.74, 6) is 1.68. The lowest BCUT2D eigenvalue weighted by molar-refractivity contribution is 0.324. The minimum absolute atomic E-state index is 0.0477. The monoisotopic (exact) mass is 421 g/mol. The Hall–Kier alpha value is -3.47. The molecule has 3 aromatic rings. The summed E-state index contributed by atoms with van der Waals surface area (Å²) in [6.07, 6.45) is 0. The maximum atomic E-state index is 11.0. The van der Waals surface area contributed by atoms with Gasteiger partial charge in [-0.2, -0.15) is 8.42 Å². The van der Waals surface area contributed by atoms with Crippen molar-refractivity contribution in [2.45, 2.75) is 0 Å². The second-order valence-electron chi connectivity index (χ2n) is 5.63. The molecule has 0 aliphatic heterocycles. The third-order valence-corrected chi connectivity index (χ3v) is 4.46. The van der Waals surface area contributed by atoms with E-state index in [4.69, 9.17) is 23.1 Å². The number of nitrogens with zero attached hydrogens (tertiary/aromatic N) is 2. The van der Waals surface area contributed by atoms with Gasteiger partial charge in [-0.1, -0.05) is 5.21 Å². The Kier molecular flexibility index (Phi) is 6.07.